The van der Waals surface area contributed by atoms with Crippen molar-refractivity contribution in [3.63, 3.8) is 0 Å². The Labute approximate surface area is 179 Å². The molecule has 1 aliphatic heterocycles. The number of benzene rings is 1. The van der Waals surface area contributed by atoms with E-state index in [-0.39, 0.29) is 24.0 Å². The third-order valence-electron chi connectivity index (χ3n) is 5.88. The molecule has 2 fully saturated rings. The van der Waals surface area contributed by atoms with Crippen molar-refractivity contribution in [2.24, 2.45) is 0 Å². The quantitative estimate of drug-likeness (QED) is 0.646. The fourth-order valence-corrected chi connectivity index (χ4v) is 4.12. The van der Waals surface area contributed by atoms with E-state index in [1.54, 1.807) is 19.2 Å². The number of nitrogens with one attached hydrogen (secondary N) is 2. The zero-order chi connectivity index (χ0) is 21.3. The van der Waals surface area contributed by atoms with E-state index >= 15 is 0 Å². The van der Waals surface area contributed by atoms with Crippen molar-refractivity contribution in [3.05, 3.63) is 23.8 Å². The van der Waals surface area contributed by atoms with E-state index in [1.165, 1.54) is 12.8 Å². The average molecular weight is 418 g/mol. The third-order valence-corrected chi connectivity index (χ3v) is 5.88. The molecule has 166 valence electrons. The van der Waals surface area contributed by atoms with Crippen LogP contribution in [0.2, 0.25) is 0 Å². The molecule has 0 unspecified atom stereocenters. The van der Waals surface area contributed by atoms with E-state index < -0.39 is 0 Å². The van der Waals surface area contributed by atoms with Gasteiger partial charge in [-0.15, -0.1) is 0 Å². The van der Waals surface area contributed by atoms with Gasteiger partial charge in [0, 0.05) is 31.2 Å². The van der Waals surface area contributed by atoms with Gasteiger partial charge in [0.15, 0.2) is 11.5 Å². The maximum Gasteiger partial charge on any atom is 0.251 e. The molecule has 1 aromatic rings. The number of hydrogen-bond donors (Lipinski definition) is 2. The summed E-state index contributed by atoms with van der Waals surface area (Å²) in [4.78, 5) is 26.7. The first-order chi connectivity index (χ1) is 14.6. The molecule has 0 spiro atoms. The Morgan fingerprint density at radius 3 is 2.50 bits per heavy atom. The minimum Gasteiger partial charge on any atom is -0.493 e. The normalized spacial score (nSPS) is 18.2. The number of rotatable bonds is 9. The summed E-state index contributed by atoms with van der Waals surface area (Å²) in [5.74, 6) is 1.28. The van der Waals surface area contributed by atoms with Crippen LogP contribution in [0.1, 0.15) is 62.2 Å². The number of likely N-dealkylation sites (tertiary alicyclic amines) is 1. The van der Waals surface area contributed by atoms with Crippen LogP contribution >= 0.6 is 0 Å². The predicted octanol–water partition coefficient (Wildman–Crippen LogP) is 2.74. The number of hydrogen-bond acceptors (Lipinski definition) is 5. The molecule has 1 saturated carbocycles. The number of carbonyl (C=O) groups excluding carboxylic acids is 2. The smallest absolute Gasteiger partial charge is 0.251 e. The Morgan fingerprint density at radius 1 is 1.10 bits per heavy atom. The van der Waals surface area contributed by atoms with E-state index in [0.29, 0.717) is 23.6 Å². The third kappa shape index (κ3) is 6.36. The first kappa shape index (κ1) is 22.4. The molecule has 7 nitrogen and oxygen atoms in total. The number of nitrogens with zero attached hydrogens (tertiary/aromatic N) is 1. The van der Waals surface area contributed by atoms with Gasteiger partial charge < -0.3 is 20.1 Å². The Bertz CT molecular complexity index is 710. The van der Waals surface area contributed by atoms with Gasteiger partial charge in [-0.05, 0) is 63.1 Å². The molecule has 1 heterocycles. The number of piperidine rings is 1. The molecule has 2 N–H and O–H groups in total. The molecule has 3 rings (SSSR count). The molecule has 0 atom stereocenters. The van der Waals surface area contributed by atoms with Gasteiger partial charge >= 0.3 is 0 Å². The van der Waals surface area contributed by atoms with Gasteiger partial charge in [0.2, 0.25) is 5.91 Å². The SMILES string of the molecule is CCCNC(=O)CN1CCC(NC(=O)c2ccc(OC3CCCC3)c(OC)c2)CC1. The Balaban J connectivity index is 1.48. The van der Waals surface area contributed by atoms with Gasteiger partial charge in [-0.25, -0.2) is 0 Å². The van der Waals surface area contributed by atoms with Crippen molar-refractivity contribution >= 4 is 11.8 Å². The summed E-state index contributed by atoms with van der Waals surface area (Å²) in [6.45, 7) is 4.81. The molecule has 0 radical (unpaired) electrons. The predicted molar refractivity (Wildman–Crippen MR) is 116 cm³/mol. The van der Waals surface area contributed by atoms with Crippen LogP contribution in [0, 0.1) is 0 Å². The summed E-state index contributed by atoms with van der Waals surface area (Å²) in [5, 5.41) is 6.03. The highest BCUT2D eigenvalue weighted by molar-refractivity contribution is 5.95. The fraction of sp³-hybridized carbons (Fsp3) is 0.652. The number of methoxy groups -OCH3 is 1. The van der Waals surface area contributed by atoms with Gasteiger partial charge in [-0.3, -0.25) is 14.5 Å². The van der Waals surface area contributed by atoms with E-state index in [2.05, 4.69) is 15.5 Å². The molecular weight excluding hydrogens is 382 g/mol. The van der Waals surface area contributed by atoms with E-state index in [9.17, 15) is 9.59 Å². The second-order valence-electron chi connectivity index (χ2n) is 8.26. The van der Waals surface area contributed by atoms with Crippen LogP contribution in [0.25, 0.3) is 0 Å². The molecule has 1 aliphatic carbocycles. The maximum atomic E-state index is 12.7. The van der Waals surface area contributed by atoms with E-state index in [4.69, 9.17) is 9.47 Å². The summed E-state index contributed by atoms with van der Waals surface area (Å²) in [6, 6.07) is 5.51. The maximum absolute atomic E-state index is 12.7. The summed E-state index contributed by atoms with van der Waals surface area (Å²) in [6.07, 6.45) is 7.42. The zero-order valence-electron chi connectivity index (χ0n) is 18.2. The topological polar surface area (TPSA) is 79.9 Å². The van der Waals surface area contributed by atoms with Crippen LogP contribution < -0.4 is 20.1 Å². The highest BCUT2D eigenvalue weighted by Crippen LogP contribution is 2.32. The zero-order valence-corrected chi connectivity index (χ0v) is 18.2. The lowest BCUT2D eigenvalue weighted by Crippen LogP contribution is -2.47. The second-order valence-corrected chi connectivity index (χ2v) is 8.26. The highest BCUT2D eigenvalue weighted by atomic mass is 16.5. The van der Waals surface area contributed by atoms with Crippen LogP contribution in [0.4, 0.5) is 0 Å². The number of carbonyl (C=O) groups is 2. The van der Waals surface area contributed by atoms with Crippen molar-refractivity contribution in [3.8, 4) is 11.5 Å². The second kappa shape index (κ2) is 11.2. The molecule has 1 saturated heterocycles. The average Bonchev–Trinajstić information content (AvgIpc) is 3.27. The number of ether oxygens (including phenoxy) is 2. The lowest BCUT2D eigenvalue weighted by Gasteiger charge is -2.31. The molecule has 2 aliphatic rings. The summed E-state index contributed by atoms with van der Waals surface area (Å²) >= 11 is 0. The standard InChI is InChI=1S/C23H35N3O4/c1-3-12-24-22(27)16-26-13-10-18(11-14-26)25-23(28)17-8-9-20(21(15-17)29-2)30-19-6-4-5-7-19/h8-9,15,18-19H,3-7,10-14,16H2,1-2H3,(H,24,27)(H,25,28). The molecule has 0 bridgehead atoms. The van der Waals surface area contributed by atoms with Crippen molar-refractivity contribution in [1.82, 2.24) is 15.5 Å². The largest absolute Gasteiger partial charge is 0.493 e. The monoisotopic (exact) mass is 417 g/mol. The summed E-state index contributed by atoms with van der Waals surface area (Å²) in [7, 11) is 1.60. The van der Waals surface area contributed by atoms with Crippen LogP contribution in [-0.2, 0) is 4.79 Å². The molecule has 2 amide bonds. The van der Waals surface area contributed by atoms with Crippen molar-refractivity contribution in [2.75, 3.05) is 33.3 Å². The molecular formula is C23H35N3O4. The Morgan fingerprint density at radius 2 is 1.83 bits per heavy atom. The molecule has 7 heteroatoms. The van der Waals surface area contributed by atoms with Crippen molar-refractivity contribution in [2.45, 2.75) is 64.0 Å². The Hall–Kier alpha value is -2.28. The summed E-state index contributed by atoms with van der Waals surface area (Å²) in [5.41, 5.74) is 0.576. The fourth-order valence-electron chi connectivity index (χ4n) is 4.12. The highest BCUT2D eigenvalue weighted by Gasteiger charge is 2.23. The first-order valence-corrected chi connectivity index (χ1v) is 11.2. The van der Waals surface area contributed by atoms with Gasteiger partial charge in [0.25, 0.3) is 5.91 Å². The van der Waals surface area contributed by atoms with Crippen molar-refractivity contribution in [1.29, 1.82) is 0 Å². The molecule has 1 aromatic carbocycles. The van der Waals surface area contributed by atoms with Gasteiger partial charge in [0.1, 0.15) is 0 Å². The van der Waals surface area contributed by atoms with E-state index in [0.717, 1.165) is 51.7 Å². The lowest BCUT2D eigenvalue weighted by atomic mass is 10.0. The van der Waals surface area contributed by atoms with Gasteiger partial charge in [-0.1, -0.05) is 6.92 Å². The molecule has 0 aromatic heterocycles. The lowest BCUT2D eigenvalue weighted by molar-refractivity contribution is -0.122. The van der Waals surface area contributed by atoms with Crippen LogP contribution in [-0.4, -0.2) is 62.1 Å². The first-order valence-electron chi connectivity index (χ1n) is 11.2. The minimum absolute atomic E-state index is 0.0753. The Kier molecular flexibility index (Phi) is 8.37. The van der Waals surface area contributed by atoms with Gasteiger partial charge in [-0.2, -0.15) is 0 Å². The van der Waals surface area contributed by atoms with Crippen LogP contribution in [0.5, 0.6) is 11.5 Å². The van der Waals surface area contributed by atoms with Gasteiger partial charge in [0.05, 0.1) is 19.8 Å². The van der Waals surface area contributed by atoms with Crippen molar-refractivity contribution < 1.29 is 19.1 Å². The number of amides is 2. The molecule has 30 heavy (non-hydrogen) atoms. The summed E-state index contributed by atoms with van der Waals surface area (Å²) < 4.78 is 11.5. The van der Waals surface area contributed by atoms with Crippen LogP contribution in [0.3, 0.4) is 0 Å². The minimum atomic E-state index is -0.0974. The van der Waals surface area contributed by atoms with Crippen LogP contribution in [0.15, 0.2) is 18.2 Å². The van der Waals surface area contributed by atoms with E-state index in [1.807, 2.05) is 13.0 Å².